The molecule has 156 valence electrons. The molecule has 8 heteroatoms. The van der Waals surface area contributed by atoms with Gasteiger partial charge in [0.05, 0.1) is 19.8 Å². The molecule has 0 unspecified atom stereocenters. The highest BCUT2D eigenvalue weighted by atomic mass is 16.5. The molecule has 0 saturated carbocycles. The lowest BCUT2D eigenvalue weighted by Gasteiger charge is -2.31. The summed E-state index contributed by atoms with van der Waals surface area (Å²) in [6.45, 7) is 6.45. The Morgan fingerprint density at radius 3 is 2.69 bits per heavy atom. The summed E-state index contributed by atoms with van der Waals surface area (Å²) >= 11 is 0. The second-order valence-corrected chi connectivity index (χ2v) is 7.84. The number of piperidine rings is 1. The predicted octanol–water partition coefficient (Wildman–Crippen LogP) is 1.18. The van der Waals surface area contributed by atoms with Crippen molar-refractivity contribution in [3.8, 4) is 0 Å². The number of pyridine rings is 1. The Balaban J connectivity index is 1.23. The average molecular weight is 399 g/mol. The van der Waals surface area contributed by atoms with Crippen molar-refractivity contribution >= 4 is 11.7 Å². The van der Waals surface area contributed by atoms with Crippen LogP contribution in [0.15, 0.2) is 30.7 Å². The molecule has 0 atom stereocenters. The van der Waals surface area contributed by atoms with E-state index in [1.165, 1.54) is 0 Å². The molecule has 4 heterocycles. The van der Waals surface area contributed by atoms with Gasteiger partial charge in [0, 0.05) is 51.2 Å². The number of morpholine rings is 1. The zero-order valence-corrected chi connectivity index (χ0v) is 17.1. The second kappa shape index (κ2) is 9.37. The number of hydrogen-bond donors (Lipinski definition) is 1. The van der Waals surface area contributed by atoms with E-state index in [0.29, 0.717) is 6.54 Å². The highest BCUT2D eigenvalue weighted by molar-refractivity contribution is 5.78. The normalized spacial score (nSPS) is 18.7. The minimum atomic E-state index is 0.0909. The standard InChI is InChI=1S/C21H30N6O2/c1-25-9-6-23-20(25)16-26-7-3-18(4-8-26)21(28)24-15-17-2-5-22-19(14-17)27-10-12-29-13-11-27/h2,5-6,9,14,18H,3-4,7-8,10-13,15-16H2,1H3,(H,24,28). The average Bonchev–Trinajstić information content (AvgIpc) is 3.18. The molecule has 1 amide bonds. The Kier molecular flexibility index (Phi) is 6.41. The third-order valence-corrected chi connectivity index (χ3v) is 5.86. The van der Waals surface area contributed by atoms with E-state index in [4.69, 9.17) is 4.74 Å². The molecule has 2 aliphatic heterocycles. The number of nitrogens with zero attached hydrogens (tertiary/aromatic N) is 5. The first-order chi connectivity index (χ1) is 14.2. The Morgan fingerprint density at radius 2 is 1.97 bits per heavy atom. The first-order valence-corrected chi connectivity index (χ1v) is 10.4. The molecule has 8 nitrogen and oxygen atoms in total. The van der Waals surface area contributed by atoms with Crippen LogP contribution in [0.3, 0.4) is 0 Å². The fourth-order valence-corrected chi connectivity index (χ4v) is 3.97. The van der Waals surface area contributed by atoms with E-state index < -0.39 is 0 Å². The van der Waals surface area contributed by atoms with Crippen LogP contribution in [-0.2, 0) is 29.7 Å². The number of rotatable bonds is 6. The molecule has 0 aromatic carbocycles. The van der Waals surface area contributed by atoms with Crippen LogP contribution in [0.25, 0.3) is 0 Å². The molecule has 2 fully saturated rings. The maximum atomic E-state index is 12.6. The number of amides is 1. The lowest BCUT2D eigenvalue weighted by Crippen LogP contribution is -2.40. The number of aromatic nitrogens is 3. The number of nitrogens with one attached hydrogen (secondary N) is 1. The summed E-state index contributed by atoms with van der Waals surface area (Å²) in [5.41, 5.74) is 1.09. The molecule has 0 bridgehead atoms. The van der Waals surface area contributed by atoms with Crippen molar-refractivity contribution in [3.63, 3.8) is 0 Å². The smallest absolute Gasteiger partial charge is 0.223 e. The molecular formula is C21H30N6O2. The van der Waals surface area contributed by atoms with Crippen molar-refractivity contribution in [3.05, 3.63) is 42.1 Å². The summed E-state index contributed by atoms with van der Waals surface area (Å²) in [6, 6.07) is 4.04. The van der Waals surface area contributed by atoms with Crippen molar-refractivity contribution in [2.45, 2.75) is 25.9 Å². The van der Waals surface area contributed by atoms with Gasteiger partial charge >= 0.3 is 0 Å². The van der Waals surface area contributed by atoms with Crippen molar-refractivity contribution in [2.24, 2.45) is 13.0 Å². The Morgan fingerprint density at radius 1 is 1.17 bits per heavy atom. The lowest BCUT2D eigenvalue weighted by atomic mass is 9.96. The van der Waals surface area contributed by atoms with Crippen LogP contribution < -0.4 is 10.2 Å². The summed E-state index contributed by atoms with van der Waals surface area (Å²) in [7, 11) is 2.02. The van der Waals surface area contributed by atoms with E-state index in [2.05, 4.69) is 35.7 Å². The lowest BCUT2D eigenvalue weighted by molar-refractivity contribution is -0.126. The Hall–Kier alpha value is -2.45. The largest absolute Gasteiger partial charge is 0.378 e. The molecule has 0 aliphatic carbocycles. The van der Waals surface area contributed by atoms with Gasteiger partial charge in [0.1, 0.15) is 11.6 Å². The maximum absolute atomic E-state index is 12.6. The van der Waals surface area contributed by atoms with Gasteiger partial charge in [-0.3, -0.25) is 9.69 Å². The quantitative estimate of drug-likeness (QED) is 0.788. The van der Waals surface area contributed by atoms with Crippen LogP contribution in [-0.4, -0.2) is 64.7 Å². The van der Waals surface area contributed by atoms with Crippen molar-refractivity contribution in [1.82, 2.24) is 24.8 Å². The number of hydrogen-bond acceptors (Lipinski definition) is 6. The highest BCUT2D eigenvalue weighted by Gasteiger charge is 2.25. The highest BCUT2D eigenvalue weighted by Crippen LogP contribution is 2.19. The van der Waals surface area contributed by atoms with Crippen LogP contribution in [0.2, 0.25) is 0 Å². The van der Waals surface area contributed by atoms with E-state index in [-0.39, 0.29) is 11.8 Å². The summed E-state index contributed by atoms with van der Waals surface area (Å²) < 4.78 is 7.46. The van der Waals surface area contributed by atoms with Crippen molar-refractivity contribution in [1.29, 1.82) is 0 Å². The summed E-state index contributed by atoms with van der Waals surface area (Å²) in [5.74, 6) is 2.28. The van der Waals surface area contributed by atoms with Crippen LogP contribution in [0.4, 0.5) is 5.82 Å². The van der Waals surface area contributed by atoms with Gasteiger partial charge in [-0.2, -0.15) is 0 Å². The first-order valence-electron chi connectivity index (χ1n) is 10.4. The van der Waals surface area contributed by atoms with Gasteiger partial charge in [-0.15, -0.1) is 0 Å². The minimum Gasteiger partial charge on any atom is -0.378 e. The maximum Gasteiger partial charge on any atom is 0.223 e. The van der Waals surface area contributed by atoms with Crippen molar-refractivity contribution in [2.75, 3.05) is 44.3 Å². The zero-order valence-electron chi connectivity index (χ0n) is 17.1. The number of aryl methyl sites for hydroxylation is 1. The van der Waals surface area contributed by atoms with Crippen LogP contribution >= 0.6 is 0 Å². The third-order valence-electron chi connectivity index (χ3n) is 5.86. The van der Waals surface area contributed by atoms with Crippen molar-refractivity contribution < 1.29 is 9.53 Å². The van der Waals surface area contributed by atoms with Crippen LogP contribution in [0, 0.1) is 5.92 Å². The summed E-state index contributed by atoms with van der Waals surface area (Å²) in [6.07, 6.45) is 7.41. The van der Waals surface area contributed by atoms with Gasteiger partial charge < -0.3 is 19.5 Å². The SMILES string of the molecule is Cn1ccnc1CN1CCC(C(=O)NCc2ccnc(N3CCOCC3)c2)CC1. The molecule has 29 heavy (non-hydrogen) atoms. The fraction of sp³-hybridized carbons (Fsp3) is 0.571. The number of ether oxygens (including phenoxy) is 1. The predicted molar refractivity (Wildman–Crippen MR) is 110 cm³/mol. The number of imidazole rings is 1. The van der Waals surface area contributed by atoms with Crippen LogP contribution in [0.1, 0.15) is 24.2 Å². The molecule has 0 radical (unpaired) electrons. The Labute approximate surface area is 171 Å². The summed E-state index contributed by atoms with van der Waals surface area (Å²) in [4.78, 5) is 26.1. The van der Waals surface area contributed by atoms with E-state index >= 15 is 0 Å². The molecule has 2 aromatic heterocycles. The molecule has 2 aliphatic rings. The summed E-state index contributed by atoms with van der Waals surface area (Å²) in [5, 5.41) is 3.12. The number of likely N-dealkylation sites (tertiary alicyclic amines) is 1. The molecule has 0 spiro atoms. The van der Waals surface area contributed by atoms with E-state index in [1.807, 2.05) is 31.7 Å². The van der Waals surface area contributed by atoms with Gasteiger partial charge in [-0.1, -0.05) is 0 Å². The molecule has 2 saturated heterocycles. The minimum absolute atomic E-state index is 0.0909. The molecule has 1 N–H and O–H groups in total. The van der Waals surface area contributed by atoms with Crippen LogP contribution in [0.5, 0.6) is 0 Å². The van der Waals surface area contributed by atoms with Gasteiger partial charge in [-0.05, 0) is 43.6 Å². The van der Waals surface area contributed by atoms with Gasteiger partial charge in [-0.25, -0.2) is 9.97 Å². The topological polar surface area (TPSA) is 75.5 Å². The van der Waals surface area contributed by atoms with Gasteiger partial charge in [0.25, 0.3) is 0 Å². The fourth-order valence-electron chi connectivity index (χ4n) is 3.97. The first kappa shape index (κ1) is 19.8. The molecule has 2 aromatic rings. The number of anilines is 1. The van der Waals surface area contributed by atoms with E-state index in [0.717, 1.165) is 76.0 Å². The molecule has 4 rings (SSSR count). The van der Waals surface area contributed by atoms with E-state index in [9.17, 15) is 4.79 Å². The second-order valence-electron chi connectivity index (χ2n) is 7.84. The van der Waals surface area contributed by atoms with E-state index in [1.54, 1.807) is 0 Å². The molecular weight excluding hydrogens is 368 g/mol. The third kappa shape index (κ3) is 5.13. The number of carbonyl (C=O) groups is 1. The monoisotopic (exact) mass is 398 g/mol. The Bertz CT molecular complexity index is 809. The zero-order chi connectivity index (χ0) is 20.1. The number of carbonyl (C=O) groups excluding carboxylic acids is 1. The van der Waals surface area contributed by atoms with Gasteiger partial charge in [0.2, 0.25) is 5.91 Å². The van der Waals surface area contributed by atoms with Gasteiger partial charge in [0.15, 0.2) is 0 Å².